The number of halogens is 4. The highest BCUT2D eigenvalue weighted by atomic mass is 35.5. The molecule has 2 amide bonds. The Balaban J connectivity index is 1.29. The molecule has 52 heavy (non-hydrogen) atoms. The summed E-state index contributed by atoms with van der Waals surface area (Å²) >= 11 is 6.54. The highest BCUT2D eigenvalue weighted by molar-refractivity contribution is 6.31. The normalized spacial score (nSPS) is 20.8. The third kappa shape index (κ3) is 7.50. The van der Waals surface area contributed by atoms with Gasteiger partial charge < -0.3 is 25.0 Å². The SMILES string of the molecule is CC(C)(CCC(=O)N1[C@H]2C#CC[C@@]1(c1ccc(CCCOc3c(F)ccc(F)c3F)cc1)C(C(=O)N(Cc1ccccc1Cl)C1CC1)NC2)C(=O)O. The predicted molar refractivity (Wildman–Crippen MR) is 189 cm³/mol. The number of piperazine rings is 1. The van der Waals surface area contributed by atoms with E-state index in [1.54, 1.807) is 24.8 Å². The van der Waals surface area contributed by atoms with Gasteiger partial charge in [-0.2, -0.15) is 4.39 Å². The summed E-state index contributed by atoms with van der Waals surface area (Å²) in [6, 6.07) is 15.0. The van der Waals surface area contributed by atoms with E-state index in [2.05, 4.69) is 17.2 Å². The molecule has 3 aromatic carbocycles. The fourth-order valence-electron chi connectivity index (χ4n) is 7.06. The number of aryl methyl sites for hydroxylation is 1. The third-order valence-corrected chi connectivity index (χ3v) is 10.7. The molecule has 0 spiro atoms. The molecule has 3 atom stereocenters. The lowest BCUT2D eigenvalue weighted by Crippen LogP contribution is -2.74. The zero-order chi connectivity index (χ0) is 37.2. The van der Waals surface area contributed by atoms with E-state index in [0.717, 1.165) is 30.0 Å². The summed E-state index contributed by atoms with van der Waals surface area (Å²) < 4.78 is 46.9. The van der Waals surface area contributed by atoms with E-state index in [1.807, 2.05) is 47.4 Å². The second-order valence-corrected chi connectivity index (χ2v) is 14.7. The fraction of sp³-hybridized carbons (Fsp3) is 0.425. The minimum absolute atomic E-state index is 0.0227. The van der Waals surface area contributed by atoms with Gasteiger partial charge in [0.1, 0.15) is 17.6 Å². The molecule has 3 aliphatic rings. The van der Waals surface area contributed by atoms with Crippen molar-refractivity contribution in [2.45, 2.75) is 89.0 Å². The van der Waals surface area contributed by atoms with Crippen molar-refractivity contribution in [1.82, 2.24) is 15.1 Å². The first-order chi connectivity index (χ1) is 24.8. The van der Waals surface area contributed by atoms with E-state index in [4.69, 9.17) is 16.3 Å². The van der Waals surface area contributed by atoms with Crippen LogP contribution in [0.2, 0.25) is 5.02 Å². The number of hydrogen-bond acceptors (Lipinski definition) is 5. The first-order valence-corrected chi connectivity index (χ1v) is 17.9. The Morgan fingerprint density at radius 1 is 1.06 bits per heavy atom. The Hall–Kier alpha value is -4.53. The molecule has 0 aromatic heterocycles. The Morgan fingerprint density at radius 3 is 2.46 bits per heavy atom. The van der Waals surface area contributed by atoms with Crippen molar-refractivity contribution >= 4 is 29.4 Å². The Labute approximate surface area is 306 Å². The number of carboxylic acids is 1. The number of nitrogens with one attached hydrogen (secondary N) is 1. The van der Waals surface area contributed by atoms with Crippen molar-refractivity contribution in [2.24, 2.45) is 5.41 Å². The van der Waals surface area contributed by atoms with Gasteiger partial charge in [-0.25, -0.2) is 8.78 Å². The van der Waals surface area contributed by atoms with E-state index < -0.39 is 52.2 Å². The van der Waals surface area contributed by atoms with E-state index in [9.17, 15) is 32.7 Å². The van der Waals surface area contributed by atoms with Crippen molar-refractivity contribution in [3.05, 3.63) is 99.8 Å². The number of carbonyl (C=O) groups excluding carboxylic acids is 2. The molecule has 1 saturated carbocycles. The minimum atomic E-state index is -1.37. The molecular formula is C40H41ClF3N3O5. The molecule has 2 N–H and O–H groups in total. The molecule has 6 rings (SSSR count). The van der Waals surface area contributed by atoms with Crippen LogP contribution in [0.5, 0.6) is 5.75 Å². The second-order valence-electron chi connectivity index (χ2n) is 14.3. The molecule has 2 fully saturated rings. The number of hydrogen-bond donors (Lipinski definition) is 2. The fourth-order valence-corrected chi connectivity index (χ4v) is 7.25. The average Bonchev–Trinajstić information content (AvgIpc) is 3.97. The van der Waals surface area contributed by atoms with Crippen LogP contribution in [0.15, 0.2) is 60.7 Å². The van der Waals surface area contributed by atoms with Gasteiger partial charge in [0.25, 0.3) is 0 Å². The van der Waals surface area contributed by atoms with Crippen molar-refractivity contribution in [2.75, 3.05) is 13.2 Å². The first-order valence-electron chi connectivity index (χ1n) is 17.5. The summed E-state index contributed by atoms with van der Waals surface area (Å²) in [6.45, 7) is 3.67. The lowest BCUT2D eigenvalue weighted by Gasteiger charge is -2.56. The van der Waals surface area contributed by atoms with Crippen LogP contribution < -0.4 is 10.1 Å². The van der Waals surface area contributed by atoms with Crippen LogP contribution in [0.25, 0.3) is 0 Å². The molecule has 2 heterocycles. The molecule has 12 heteroatoms. The number of rotatable bonds is 14. The highest BCUT2D eigenvalue weighted by Crippen LogP contribution is 2.44. The number of carbonyl (C=O) groups is 3. The third-order valence-electron chi connectivity index (χ3n) is 10.3. The zero-order valence-electron chi connectivity index (χ0n) is 29.1. The lowest BCUT2D eigenvalue weighted by molar-refractivity contribution is -0.154. The predicted octanol–water partition coefficient (Wildman–Crippen LogP) is 6.62. The number of benzene rings is 3. The van der Waals surface area contributed by atoms with Gasteiger partial charge in [-0.15, -0.1) is 0 Å². The molecule has 1 aliphatic carbocycles. The van der Waals surface area contributed by atoms with Crippen LogP contribution in [0.1, 0.15) is 69.1 Å². The lowest BCUT2D eigenvalue weighted by atomic mass is 9.72. The summed E-state index contributed by atoms with van der Waals surface area (Å²) in [6.07, 6.45) is 2.77. The van der Waals surface area contributed by atoms with Gasteiger partial charge in [0.15, 0.2) is 17.4 Å². The van der Waals surface area contributed by atoms with Crippen LogP contribution in [-0.4, -0.2) is 64.0 Å². The molecule has 1 saturated heterocycles. The van der Waals surface area contributed by atoms with Crippen molar-refractivity contribution in [3.63, 3.8) is 0 Å². The van der Waals surface area contributed by atoms with Crippen molar-refractivity contribution in [3.8, 4) is 17.6 Å². The molecule has 2 aliphatic heterocycles. The van der Waals surface area contributed by atoms with Crippen LogP contribution in [-0.2, 0) is 32.9 Å². The maximum Gasteiger partial charge on any atom is 0.309 e. The van der Waals surface area contributed by atoms with Gasteiger partial charge in [-0.1, -0.05) is 65.9 Å². The molecular weight excluding hydrogens is 695 g/mol. The van der Waals surface area contributed by atoms with Gasteiger partial charge in [0.2, 0.25) is 17.6 Å². The van der Waals surface area contributed by atoms with Crippen LogP contribution in [0.3, 0.4) is 0 Å². The van der Waals surface area contributed by atoms with Gasteiger partial charge in [-0.3, -0.25) is 14.4 Å². The van der Waals surface area contributed by atoms with Gasteiger partial charge in [0, 0.05) is 37.0 Å². The van der Waals surface area contributed by atoms with Crippen molar-refractivity contribution in [1.29, 1.82) is 0 Å². The van der Waals surface area contributed by atoms with E-state index in [1.165, 1.54) is 0 Å². The summed E-state index contributed by atoms with van der Waals surface area (Å²) in [4.78, 5) is 44.6. The molecule has 0 radical (unpaired) electrons. The molecule has 1 unspecified atom stereocenters. The Bertz CT molecular complexity index is 1910. The quantitative estimate of drug-likeness (QED) is 0.110. The number of carboxylic acid groups (broad SMARTS) is 1. The van der Waals surface area contributed by atoms with Gasteiger partial charge >= 0.3 is 5.97 Å². The zero-order valence-corrected chi connectivity index (χ0v) is 29.8. The number of ether oxygens (including phenoxy) is 1. The summed E-state index contributed by atoms with van der Waals surface area (Å²) in [5.74, 6) is 0.645. The molecule has 3 aromatic rings. The van der Waals surface area contributed by atoms with Crippen LogP contribution in [0, 0.1) is 34.7 Å². The highest BCUT2D eigenvalue weighted by Gasteiger charge is 2.58. The maximum absolute atomic E-state index is 14.8. The van der Waals surface area contributed by atoms with Crippen LogP contribution >= 0.6 is 11.6 Å². The summed E-state index contributed by atoms with van der Waals surface area (Å²) in [7, 11) is 0. The number of fused-ring (bicyclic) bond motifs is 2. The summed E-state index contributed by atoms with van der Waals surface area (Å²) in [5, 5.41) is 13.8. The second kappa shape index (κ2) is 15.2. The monoisotopic (exact) mass is 735 g/mol. The largest absolute Gasteiger partial charge is 0.488 e. The smallest absolute Gasteiger partial charge is 0.309 e. The molecule has 8 nitrogen and oxygen atoms in total. The first kappa shape index (κ1) is 37.2. The molecule has 274 valence electrons. The molecule has 2 bridgehead atoms. The number of amides is 2. The Morgan fingerprint density at radius 2 is 1.77 bits per heavy atom. The maximum atomic E-state index is 14.8. The minimum Gasteiger partial charge on any atom is -0.488 e. The standard InChI is InChI=1S/C40H41ClF3N3O5/c1-39(2,38(50)51)21-19-33(48)47-29-9-5-20-40(47,36(45-23-29)37(49)46(28-15-16-28)24-26-8-3-4-10-30(26)41)27-13-11-25(12-14-27)7-6-22-52-35-32(43)18-17-31(42)34(35)44/h3-4,8,10-14,17-18,28-29,36,45H,6-7,15-16,19-24H2,1-2H3,(H,50,51)/t29-,36?,40+/m0/s1. The topological polar surface area (TPSA) is 99.2 Å². The Kier molecular flexibility index (Phi) is 10.9. The number of nitrogens with zero attached hydrogens (tertiary/aromatic N) is 2. The average molecular weight is 736 g/mol. The number of aliphatic carboxylic acids is 1. The van der Waals surface area contributed by atoms with Crippen molar-refractivity contribution < 1.29 is 37.4 Å². The van der Waals surface area contributed by atoms with Gasteiger partial charge in [-0.05, 0) is 80.8 Å². The van der Waals surface area contributed by atoms with Crippen LogP contribution in [0.4, 0.5) is 13.2 Å². The van der Waals surface area contributed by atoms with E-state index in [0.29, 0.717) is 36.0 Å². The summed E-state index contributed by atoms with van der Waals surface area (Å²) in [5.41, 5.74) is 0.0314. The van der Waals surface area contributed by atoms with Gasteiger partial charge in [0.05, 0.1) is 12.0 Å². The van der Waals surface area contributed by atoms with E-state index in [-0.39, 0.29) is 50.3 Å². The van der Waals surface area contributed by atoms with E-state index >= 15 is 0 Å².